The van der Waals surface area contributed by atoms with Crippen LogP contribution in [-0.4, -0.2) is 16.3 Å². The Hall–Kier alpha value is -2.51. The highest BCUT2D eigenvalue weighted by Crippen LogP contribution is 2.15. The molecule has 0 heterocycles. The number of thiocarbonyl (C=S) groups is 1. The van der Waals surface area contributed by atoms with Crippen molar-refractivity contribution in [1.82, 2.24) is 5.43 Å². The number of hydrogen-bond acceptors (Lipinski definition) is 4. The summed E-state index contributed by atoms with van der Waals surface area (Å²) in [5.41, 5.74) is 3.66. The van der Waals surface area contributed by atoms with Crippen molar-refractivity contribution < 1.29 is 4.92 Å². The number of nitro benzene ring substituents is 1. The van der Waals surface area contributed by atoms with E-state index in [-0.39, 0.29) is 10.8 Å². The first-order valence-electron chi connectivity index (χ1n) is 6.15. The molecule has 2 N–H and O–H groups in total. The Morgan fingerprint density at radius 2 is 2.05 bits per heavy atom. The highest BCUT2D eigenvalue weighted by atomic mass is 35.5. The van der Waals surface area contributed by atoms with E-state index in [1.54, 1.807) is 42.5 Å². The molecule has 0 aromatic heterocycles. The average Bonchev–Trinajstić information content (AvgIpc) is 2.47. The Morgan fingerprint density at radius 3 is 2.77 bits per heavy atom. The number of para-hydroxylation sites is 1. The number of rotatable bonds is 4. The fourth-order valence-corrected chi connectivity index (χ4v) is 2.01. The second-order valence-corrected chi connectivity index (χ2v) is 5.00. The zero-order valence-electron chi connectivity index (χ0n) is 11.2. The van der Waals surface area contributed by atoms with Crippen molar-refractivity contribution in [3.8, 4) is 0 Å². The van der Waals surface area contributed by atoms with Crippen molar-refractivity contribution in [2.24, 2.45) is 5.10 Å². The van der Waals surface area contributed by atoms with Gasteiger partial charge in [-0.15, -0.1) is 0 Å². The molecule has 0 unspecified atom stereocenters. The fourth-order valence-electron chi connectivity index (χ4n) is 1.65. The van der Waals surface area contributed by atoms with Gasteiger partial charge >= 0.3 is 0 Å². The molecule has 0 fully saturated rings. The molecule has 0 saturated carbocycles. The van der Waals surface area contributed by atoms with Crippen LogP contribution < -0.4 is 10.7 Å². The molecule has 22 heavy (non-hydrogen) atoms. The lowest BCUT2D eigenvalue weighted by atomic mass is 10.2. The van der Waals surface area contributed by atoms with Gasteiger partial charge < -0.3 is 5.32 Å². The molecule has 0 aliphatic carbocycles. The van der Waals surface area contributed by atoms with Crippen LogP contribution in [0.2, 0.25) is 5.02 Å². The minimum absolute atomic E-state index is 0.0261. The van der Waals surface area contributed by atoms with Gasteiger partial charge in [0.05, 0.1) is 16.7 Å². The van der Waals surface area contributed by atoms with Crippen LogP contribution >= 0.6 is 23.8 Å². The highest BCUT2D eigenvalue weighted by Gasteiger charge is 2.09. The van der Waals surface area contributed by atoms with E-state index in [0.717, 1.165) is 0 Å². The maximum atomic E-state index is 10.9. The number of nitro groups is 1. The van der Waals surface area contributed by atoms with Gasteiger partial charge in [-0.1, -0.05) is 29.8 Å². The number of halogens is 1. The van der Waals surface area contributed by atoms with Crippen LogP contribution in [-0.2, 0) is 0 Å². The predicted molar refractivity (Wildman–Crippen MR) is 91.5 cm³/mol. The molecule has 0 spiro atoms. The van der Waals surface area contributed by atoms with E-state index in [1.807, 2.05) is 0 Å². The molecule has 112 valence electrons. The second-order valence-electron chi connectivity index (χ2n) is 4.15. The van der Waals surface area contributed by atoms with Gasteiger partial charge in [0.1, 0.15) is 0 Å². The van der Waals surface area contributed by atoms with Crippen LogP contribution in [0.4, 0.5) is 11.4 Å². The zero-order valence-corrected chi connectivity index (χ0v) is 12.8. The lowest BCUT2D eigenvalue weighted by Gasteiger charge is -2.06. The van der Waals surface area contributed by atoms with Gasteiger partial charge in [0, 0.05) is 16.8 Å². The Morgan fingerprint density at radius 1 is 1.27 bits per heavy atom. The number of hydrogen-bond donors (Lipinski definition) is 2. The third-order valence-electron chi connectivity index (χ3n) is 2.59. The van der Waals surface area contributed by atoms with E-state index in [4.69, 9.17) is 23.8 Å². The van der Waals surface area contributed by atoms with Crippen molar-refractivity contribution in [2.45, 2.75) is 0 Å². The smallest absolute Gasteiger partial charge is 0.278 e. The zero-order chi connectivity index (χ0) is 15.9. The summed E-state index contributed by atoms with van der Waals surface area (Å²) in [6, 6.07) is 13.3. The van der Waals surface area contributed by atoms with E-state index in [2.05, 4.69) is 15.8 Å². The van der Waals surface area contributed by atoms with Gasteiger partial charge in [0.25, 0.3) is 5.69 Å². The van der Waals surface area contributed by atoms with Gasteiger partial charge in [-0.2, -0.15) is 5.10 Å². The number of nitrogens with one attached hydrogen (secondary N) is 2. The van der Waals surface area contributed by atoms with Crippen LogP contribution in [0.1, 0.15) is 5.56 Å². The van der Waals surface area contributed by atoms with Gasteiger partial charge in [0.15, 0.2) is 5.11 Å². The van der Waals surface area contributed by atoms with Crippen molar-refractivity contribution in [1.29, 1.82) is 0 Å². The van der Waals surface area contributed by atoms with Crippen molar-refractivity contribution in [3.05, 3.63) is 69.2 Å². The van der Waals surface area contributed by atoms with Crippen LogP contribution in [0.25, 0.3) is 0 Å². The van der Waals surface area contributed by atoms with E-state index < -0.39 is 4.92 Å². The SMILES string of the molecule is O=[N+]([O-])c1ccccc1C=NNC(=S)Nc1cccc(Cl)c1. The summed E-state index contributed by atoms with van der Waals surface area (Å²) in [5, 5.41) is 18.5. The topological polar surface area (TPSA) is 79.6 Å². The summed E-state index contributed by atoms with van der Waals surface area (Å²) in [6.45, 7) is 0. The summed E-state index contributed by atoms with van der Waals surface area (Å²) >= 11 is 10.9. The Bertz CT molecular complexity index is 736. The molecule has 2 aromatic rings. The van der Waals surface area contributed by atoms with E-state index in [1.165, 1.54) is 12.3 Å². The maximum Gasteiger partial charge on any atom is 0.278 e. The lowest BCUT2D eigenvalue weighted by Crippen LogP contribution is -2.23. The quantitative estimate of drug-likeness (QED) is 0.387. The molecule has 6 nitrogen and oxygen atoms in total. The summed E-state index contributed by atoms with van der Waals surface area (Å²) < 4.78 is 0. The molecule has 0 aliphatic heterocycles. The number of anilines is 1. The third kappa shape index (κ3) is 4.51. The Kier molecular flexibility index (Phi) is 5.40. The Labute approximate surface area is 136 Å². The van der Waals surface area contributed by atoms with E-state index >= 15 is 0 Å². The van der Waals surface area contributed by atoms with Crippen molar-refractivity contribution in [3.63, 3.8) is 0 Å². The molecule has 0 radical (unpaired) electrons. The van der Waals surface area contributed by atoms with Crippen molar-refractivity contribution >= 4 is 46.5 Å². The van der Waals surface area contributed by atoms with Gasteiger partial charge in [0.2, 0.25) is 0 Å². The van der Waals surface area contributed by atoms with Crippen LogP contribution in [0.5, 0.6) is 0 Å². The predicted octanol–water partition coefficient (Wildman–Crippen LogP) is 3.57. The van der Waals surface area contributed by atoms with E-state index in [9.17, 15) is 10.1 Å². The monoisotopic (exact) mass is 334 g/mol. The molecule has 0 bridgehead atoms. The molecule has 2 aromatic carbocycles. The number of benzene rings is 2. The standard InChI is InChI=1S/C14H11ClN4O2S/c15-11-5-3-6-12(8-11)17-14(22)18-16-9-10-4-1-2-7-13(10)19(20)21/h1-9H,(H2,17,18,22). The first kappa shape index (κ1) is 15.9. The summed E-state index contributed by atoms with van der Waals surface area (Å²) in [6.07, 6.45) is 1.34. The fraction of sp³-hybridized carbons (Fsp3) is 0. The normalized spacial score (nSPS) is 10.4. The summed E-state index contributed by atoms with van der Waals surface area (Å²) in [7, 11) is 0. The van der Waals surface area contributed by atoms with Crippen LogP contribution in [0.15, 0.2) is 53.6 Å². The van der Waals surface area contributed by atoms with Crippen molar-refractivity contribution in [2.75, 3.05) is 5.32 Å². The highest BCUT2D eigenvalue weighted by molar-refractivity contribution is 7.80. The first-order chi connectivity index (χ1) is 10.6. The molecule has 0 saturated heterocycles. The molecule has 0 amide bonds. The van der Waals surface area contributed by atoms with Crippen LogP contribution in [0, 0.1) is 10.1 Å². The third-order valence-corrected chi connectivity index (χ3v) is 3.01. The van der Waals surface area contributed by atoms with Gasteiger partial charge in [-0.3, -0.25) is 15.5 Å². The Balaban J connectivity index is 1.98. The second kappa shape index (κ2) is 7.48. The molecular formula is C14H11ClN4O2S. The summed E-state index contributed by atoms with van der Waals surface area (Å²) in [5.74, 6) is 0. The number of hydrazone groups is 1. The molecular weight excluding hydrogens is 324 g/mol. The molecule has 2 rings (SSSR count). The molecule has 0 aliphatic rings. The minimum Gasteiger partial charge on any atom is -0.331 e. The lowest BCUT2D eigenvalue weighted by molar-refractivity contribution is -0.385. The maximum absolute atomic E-state index is 10.9. The average molecular weight is 335 g/mol. The minimum atomic E-state index is -0.468. The first-order valence-corrected chi connectivity index (χ1v) is 6.94. The van der Waals surface area contributed by atoms with Gasteiger partial charge in [-0.05, 0) is 36.5 Å². The largest absolute Gasteiger partial charge is 0.331 e. The molecule has 0 atom stereocenters. The van der Waals surface area contributed by atoms with E-state index in [0.29, 0.717) is 16.3 Å². The number of nitrogens with zero attached hydrogens (tertiary/aromatic N) is 2. The summed E-state index contributed by atoms with van der Waals surface area (Å²) in [4.78, 5) is 10.4. The van der Waals surface area contributed by atoms with Gasteiger partial charge in [-0.25, -0.2) is 0 Å². The molecule has 8 heteroatoms. The van der Waals surface area contributed by atoms with Crippen LogP contribution in [0.3, 0.4) is 0 Å².